The van der Waals surface area contributed by atoms with Crippen LogP contribution >= 0.6 is 11.6 Å². The van der Waals surface area contributed by atoms with Crippen molar-refractivity contribution in [1.29, 1.82) is 0 Å². The van der Waals surface area contributed by atoms with Gasteiger partial charge in [0.25, 0.3) is 5.91 Å². The number of likely N-dealkylation sites (tertiary alicyclic amines) is 1. The fraction of sp³-hybridized carbons (Fsp3) is 0.375. The van der Waals surface area contributed by atoms with E-state index in [0.717, 1.165) is 18.5 Å². The highest BCUT2D eigenvalue weighted by Crippen LogP contribution is 2.25. The number of carbonyl (C=O) groups excluding carboxylic acids is 1. The number of nitrogens with zero attached hydrogens (tertiary/aromatic N) is 4. The highest BCUT2D eigenvalue weighted by atomic mass is 35.5. The number of aryl methyl sites for hydroxylation is 1. The highest BCUT2D eigenvalue weighted by Gasteiger charge is 2.26. The van der Waals surface area contributed by atoms with Crippen molar-refractivity contribution in [1.82, 2.24) is 19.9 Å². The minimum Gasteiger partial charge on any atom is -0.487 e. The number of halogens is 1. The number of aromatic nitrogens is 3. The third-order valence-electron chi connectivity index (χ3n) is 3.69. The van der Waals surface area contributed by atoms with Gasteiger partial charge in [-0.2, -0.15) is 0 Å². The summed E-state index contributed by atoms with van der Waals surface area (Å²) in [4.78, 5) is 26.5. The minimum atomic E-state index is -0.119. The first-order chi connectivity index (χ1) is 11.1. The fourth-order valence-corrected chi connectivity index (χ4v) is 2.69. The van der Waals surface area contributed by atoms with Crippen LogP contribution in [0.5, 0.6) is 5.75 Å². The van der Waals surface area contributed by atoms with E-state index in [1.807, 2.05) is 6.92 Å². The Hall–Kier alpha value is -2.21. The van der Waals surface area contributed by atoms with Gasteiger partial charge in [-0.05, 0) is 19.8 Å². The van der Waals surface area contributed by atoms with Crippen molar-refractivity contribution in [2.45, 2.75) is 25.9 Å². The van der Waals surface area contributed by atoms with Gasteiger partial charge in [-0.1, -0.05) is 11.6 Å². The van der Waals surface area contributed by atoms with Crippen LogP contribution < -0.4 is 4.74 Å². The Morgan fingerprint density at radius 1 is 1.35 bits per heavy atom. The maximum Gasteiger partial charge on any atom is 0.274 e. The largest absolute Gasteiger partial charge is 0.487 e. The van der Waals surface area contributed by atoms with Gasteiger partial charge in [0.05, 0.1) is 18.4 Å². The molecule has 23 heavy (non-hydrogen) atoms. The molecule has 1 fully saturated rings. The van der Waals surface area contributed by atoms with Gasteiger partial charge in [-0.25, -0.2) is 4.98 Å². The smallest absolute Gasteiger partial charge is 0.274 e. The van der Waals surface area contributed by atoms with E-state index in [4.69, 9.17) is 16.3 Å². The fourth-order valence-electron chi connectivity index (χ4n) is 2.52. The molecule has 0 aromatic carbocycles. The molecule has 0 N–H and O–H groups in total. The standard InChI is InChI=1S/C16H17ClN4O2/c1-11-7-20-14(9-19-11)16(22)21-6-2-3-12(10-21)23-15-4-5-18-8-13(15)17/h4-5,7-9,12H,2-3,6,10H2,1H3. The molecular formula is C16H17ClN4O2. The molecule has 1 unspecified atom stereocenters. The second-order valence-corrected chi connectivity index (χ2v) is 5.89. The van der Waals surface area contributed by atoms with E-state index < -0.39 is 0 Å². The zero-order chi connectivity index (χ0) is 16.2. The SMILES string of the molecule is Cc1cnc(C(=O)N2CCCC(Oc3ccncc3Cl)C2)cn1. The van der Waals surface area contributed by atoms with Crippen LogP contribution in [0.25, 0.3) is 0 Å². The normalized spacial score (nSPS) is 17.8. The second kappa shape index (κ2) is 6.91. The Kier molecular flexibility index (Phi) is 4.71. The summed E-state index contributed by atoms with van der Waals surface area (Å²) in [7, 11) is 0. The van der Waals surface area contributed by atoms with E-state index in [1.165, 1.54) is 6.20 Å². The molecule has 1 aliphatic heterocycles. The average molecular weight is 333 g/mol. The number of piperidine rings is 1. The van der Waals surface area contributed by atoms with Crippen LogP contribution in [0.4, 0.5) is 0 Å². The molecule has 2 aromatic rings. The number of amides is 1. The first-order valence-corrected chi connectivity index (χ1v) is 7.85. The molecule has 120 valence electrons. The van der Waals surface area contributed by atoms with Gasteiger partial charge in [0.15, 0.2) is 0 Å². The van der Waals surface area contributed by atoms with Gasteiger partial charge in [0.1, 0.15) is 22.6 Å². The van der Waals surface area contributed by atoms with Crippen LogP contribution in [0, 0.1) is 6.92 Å². The van der Waals surface area contributed by atoms with Crippen molar-refractivity contribution < 1.29 is 9.53 Å². The van der Waals surface area contributed by atoms with Crippen LogP contribution in [0.3, 0.4) is 0 Å². The molecule has 0 spiro atoms. The second-order valence-electron chi connectivity index (χ2n) is 5.48. The molecule has 0 radical (unpaired) electrons. The lowest BCUT2D eigenvalue weighted by molar-refractivity contribution is 0.0532. The van der Waals surface area contributed by atoms with Gasteiger partial charge in [0, 0.05) is 31.2 Å². The average Bonchev–Trinajstić information content (AvgIpc) is 2.57. The first-order valence-electron chi connectivity index (χ1n) is 7.47. The van der Waals surface area contributed by atoms with E-state index in [2.05, 4.69) is 15.0 Å². The van der Waals surface area contributed by atoms with E-state index in [0.29, 0.717) is 29.6 Å². The van der Waals surface area contributed by atoms with Crippen LogP contribution in [-0.2, 0) is 0 Å². The van der Waals surface area contributed by atoms with Crippen molar-refractivity contribution in [3.05, 3.63) is 47.3 Å². The van der Waals surface area contributed by atoms with Crippen molar-refractivity contribution >= 4 is 17.5 Å². The molecule has 0 saturated carbocycles. The first kappa shape index (κ1) is 15.7. The van der Waals surface area contributed by atoms with Crippen molar-refractivity contribution in [3.63, 3.8) is 0 Å². The number of hydrogen-bond donors (Lipinski definition) is 0. The molecule has 0 bridgehead atoms. The number of ether oxygens (including phenoxy) is 1. The maximum absolute atomic E-state index is 12.5. The van der Waals surface area contributed by atoms with Gasteiger partial charge in [-0.3, -0.25) is 14.8 Å². The number of pyridine rings is 1. The summed E-state index contributed by atoms with van der Waals surface area (Å²) >= 11 is 6.07. The minimum absolute atomic E-state index is 0.0917. The molecule has 3 rings (SSSR count). The Morgan fingerprint density at radius 2 is 2.22 bits per heavy atom. The van der Waals surface area contributed by atoms with Gasteiger partial charge < -0.3 is 9.64 Å². The summed E-state index contributed by atoms with van der Waals surface area (Å²) < 4.78 is 5.92. The zero-order valence-corrected chi connectivity index (χ0v) is 13.5. The highest BCUT2D eigenvalue weighted by molar-refractivity contribution is 6.31. The molecule has 0 aliphatic carbocycles. The lowest BCUT2D eigenvalue weighted by Crippen LogP contribution is -2.44. The lowest BCUT2D eigenvalue weighted by Gasteiger charge is -2.32. The Morgan fingerprint density at radius 3 is 2.96 bits per heavy atom. The Labute approximate surface area is 139 Å². The van der Waals surface area contributed by atoms with Crippen molar-refractivity contribution in [2.24, 2.45) is 0 Å². The van der Waals surface area contributed by atoms with Crippen LogP contribution in [0.2, 0.25) is 5.02 Å². The summed E-state index contributed by atoms with van der Waals surface area (Å²) in [5.41, 5.74) is 1.15. The van der Waals surface area contributed by atoms with Gasteiger partial charge in [-0.15, -0.1) is 0 Å². The maximum atomic E-state index is 12.5. The number of hydrogen-bond acceptors (Lipinski definition) is 5. The number of carbonyl (C=O) groups is 1. The summed E-state index contributed by atoms with van der Waals surface area (Å²) in [6.07, 6.45) is 7.95. The molecule has 7 heteroatoms. The summed E-state index contributed by atoms with van der Waals surface area (Å²) in [6, 6.07) is 1.73. The van der Waals surface area contributed by atoms with E-state index in [1.54, 1.807) is 29.6 Å². The molecule has 6 nitrogen and oxygen atoms in total. The zero-order valence-electron chi connectivity index (χ0n) is 12.8. The molecule has 1 atom stereocenters. The van der Waals surface area contributed by atoms with Crippen LogP contribution in [0.15, 0.2) is 30.9 Å². The Bertz CT molecular complexity index is 693. The third-order valence-corrected chi connectivity index (χ3v) is 3.98. The molecule has 1 saturated heterocycles. The van der Waals surface area contributed by atoms with Crippen LogP contribution in [-0.4, -0.2) is 45.0 Å². The van der Waals surface area contributed by atoms with E-state index >= 15 is 0 Å². The Balaban J connectivity index is 1.67. The van der Waals surface area contributed by atoms with Gasteiger partial charge in [0.2, 0.25) is 0 Å². The number of rotatable bonds is 3. The molecular weight excluding hydrogens is 316 g/mol. The molecule has 1 amide bonds. The van der Waals surface area contributed by atoms with Crippen molar-refractivity contribution in [3.8, 4) is 5.75 Å². The van der Waals surface area contributed by atoms with Crippen LogP contribution in [0.1, 0.15) is 29.0 Å². The summed E-state index contributed by atoms with van der Waals surface area (Å²) in [5, 5.41) is 0.473. The van der Waals surface area contributed by atoms with Crippen molar-refractivity contribution in [2.75, 3.05) is 13.1 Å². The monoisotopic (exact) mass is 332 g/mol. The lowest BCUT2D eigenvalue weighted by atomic mass is 10.1. The molecule has 2 aromatic heterocycles. The summed E-state index contributed by atoms with van der Waals surface area (Å²) in [5.74, 6) is 0.475. The molecule has 1 aliphatic rings. The van der Waals surface area contributed by atoms with E-state index in [9.17, 15) is 4.79 Å². The quantitative estimate of drug-likeness (QED) is 0.864. The topological polar surface area (TPSA) is 68.2 Å². The molecule has 3 heterocycles. The van der Waals surface area contributed by atoms with E-state index in [-0.39, 0.29) is 12.0 Å². The third kappa shape index (κ3) is 3.76. The van der Waals surface area contributed by atoms with Gasteiger partial charge >= 0.3 is 0 Å². The summed E-state index contributed by atoms with van der Waals surface area (Å²) in [6.45, 7) is 3.04. The predicted molar refractivity (Wildman–Crippen MR) is 85.6 cm³/mol. The predicted octanol–water partition coefficient (Wildman–Crippen LogP) is 2.52.